The van der Waals surface area contributed by atoms with Crippen LogP contribution >= 0.6 is 23.2 Å². The quantitative estimate of drug-likeness (QED) is 0.221. The van der Waals surface area contributed by atoms with Crippen LogP contribution in [-0.2, 0) is 11.2 Å². The van der Waals surface area contributed by atoms with E-state index in [1.54, 1.807) is 14.0 Å². The number of benzene rings is 2. The van der Waals surface area contributed by atoms with Crippen LogP contribution in [0.3, 0.4) is 0 Å². The van der Waals surface area contributed by atoms with Gasteiger partial charge in [-0.3, -0.25) is 14.5 Å². The normalized spacial score (nSPS) is 18.2. The number of rotatable bonds is 7. The molecular formula is C34H31Cl2N5O4. The Kier molecular flexibility index (Phi) is 7.50. The van der Waals surface area contributed by atoms with Crippen LogP contribution in [0, 0.1) is 5.41 Å². The van der Waals surface area contributed by atoms with Gasteiger partial charge in [-0.1, -0.05) is 59.6 Å². The number of hydrogen-bond acceptors (Lipinski definition) is 8. The average Bonchev–Trinajstić information content (AvgIpc) is 3.43. The molecule has 2 aliphatic heterocycles. The number of amides is 1. The number of carbonyl (C=O) groups excluding carboxylic acids is 2. The van der Waals surface area contributed by atoms with Crippen LogP contribution in [0.15, 0.2) is 48.7 Å². The molecule has 2 aromatic heterocycles. The molecule has 0 N–H and O–H groups in total. The number of ether oxygens (including phenoxy) is 2. The Labute approximate surface area is 271 Å². The number of fused-ring (bicyclic) bond motifs is 1. The smallest absolute Gasteiger partial charge is 0.243 e. The molecule has 1 amide bonds. The standard InChI is InChI=1S/C34H31Cl2N5O4/c1-19(43)40-15-34(16-40)17-41(18-34)28-11-10-20-12-25(38-33(45-3)29(20)28)23-8-4-6-21(30(23)35)22-7-5-9-24(31(22)36)26-13-37-27(14-42)32(39-26)44-2/h4-9,12-14,28H,10-11,15-18H2,1-3H3/t28-/m1/s1. The first-order valence-electron chi connectivity index (χ1n) is 14.8. The summed E-state index contributed by atoms with van der Waals surface area (Å²) in [5.74, 6) is 0.901. The lowest BCUT2D eigenvalue weighted by molar-refractivity contribution is -0.161. The van der Waals surface area contributed by atoms with Gasteiger partial charge in [-0.2, -0.15) is 0 Å². The molecule has 1 spiro atoms. The number of methoxy groups -OCH3 is 2. The van der Waals surface area contributed by atoms with Gasteiger partial charge in [0.2, 0.25) is 17.7 Å². The molecule has 4 aromatic rings. The second kappa shape index (κ2) is 11.4. The fraction of sp³-hybridized carbons (Fsp3) is 0.324. The highest BCUT2D eigenvalue weighted by Crippen LogP contribution is 2.50. The van der Waals surface area contributed by atoms with Crippen molar-refractivity contribution in [3.05, 3.63) is 75.5 Å². The van der Waals surface area contributed by atoms with Gasteiger partial charge in [0.05, 0.1) is 41.8 Å². The summed E-state index contributed by atoms with van der Waals surface area (Å²) in [6, 6.07) is 13.8. The first-order valence-corrected chi connectivity index (χ1v) is 15.5. The Balaban J connectivity index is 1.20. The molecule has 0 bridgehead atoms. The van der Waals surface area contributed by atoms with Crippen LogP contribution in [0.2, 0.25) is 10.0 Å². The maximum Gasteiger partial charge on any atom is 0.243 e. The minimum absolute atomic E-state index is 0.112. The Morgan fingerprint density at radius 3 is 2.11 bits per heavy atom. The van der Waals surface area contributed by atoms with E-state index < -0.39 is 0 Å². The Bertz CT molecular complexity index is 1850. The highest BCUT2D eigenvalue weighted by atomic mass is 35.5. The Hall–Kier alpha value is -4.05. The van der Waals surface area contributed by atoms with Gasteiger partial charge in [0.1, 0.15) is 0 Å². The molecule has 45 heavy (non-hydrogen) atoms. The van der Waals surface area contributed by atoms with E-state index in [0.29, 0.717) is 33.5 Å². The zero-order valence-corrected chi connectivity index (χ0v) is 26.7. The Morgan fingerprint density at radius 2 is 1.51 bits per heavy atom. The van der Waals surface area contributed by atoms with Gasteiger partial charge in [-0.05, 0) is 24.5 Å². The molecule has 1 aliphatic carbocycles. The SMILES string of the molecule is COc1nc(-c2cccc(-c3cccc(-c4cc5c(c(OC)n4)[C@H](N4CC6(CN(C(C)=O)C6)C4)CC5)c3Cl)c2Cl)cnc1C=O. The summed E-state index contributed by atoms with van der Waals surface area (Å²) in [5, 5.41) is 0.963. The molecule has 2 aromatic carbocycles. The highest BCUT2D eigenvalue weighted by molar-refractivity contribution is 6.39. The van der Waals surface area contributed by atoms with E-state index in [1.165, 1.54) is 18.9 Å². The van der Waals surface area contributed by atoms with Crippen molar-refractivity contribution in [2.45, 2.75) is 25.8 Å². The summed E-state index contributed by atoms with van der Waals surface area (Å²) >= 11 is 14.1. The number of aldehydes is 1. The molecule has 1 atom stereocenters. The summed E-state index contributed by atoms with van der Waals surface area (Å²) in [5.41, 5.74) is 6.80. The second-order valence-electron chi connectivity index (χ2n) is 12.0. The van der Waals surface area contributed by atoms with Gasteiger partial charge in [0, 0.05) is 72.4 Å². The van der Waals surface area contributed by atoms with Crippen molar-refractivity contribution in [2.24, 2.45) is 5.41 Å². The lowest BCUT2D eigenvalue weighted by Crippen LogP contribution is -2.72. The number of aromatic nitrogens is 3. The first-order chi connectivity index (χ1) is 21.8. The van der Waals surface area contributed by atoms with Gasteiger partial charge < -0.3 is 14.4 Å². The van der Waals surface area contributed by atoms with E-state index in [4.69, 9.17) is 37.7 Å². The molecule has 4 heterocycles. The third kappa shape index (κ3) is 4.94. The summed E-state index contributed by atoms with van der Waals surface area (Å²) in [6.45, 7) is 5.31. The average molecular weight is 645 g/mol. The first kappa shape index (κ1) is 29.6. The van der Waals surface area contributed by atoms with Gasteiger partial charge in [0.15, 0.2) is 12.0 Å². The molecule has 3 aliphatic rings. The molecule has 7 rings (SSSR count). The van der Waals surface area contributed by atoms with Crippen molar-refractivity contribution in [2.75, 3.05) is 40.4 Å². The third-order valence-electron chi connectivity index (χ3n) is 9.25. The van der Waals surface area contributed by atoms with Gasteiger partial charge >= 0.3 is 0 Å². The van der Waals surface area contributed by atoms with E-state index in [1.807, 2.05) is 41.3 Å². The number of nitrogens with zero attached hydrogens (tertiary/aromatic N) is 5. The van der Waals surface area contributed by atoms with E-state index in [2.05, 4.69) is 20.9 Å². The monoisotopic (exact) mass is 643 g/mol. The number of carbonyl (C=O) groups is 2. The fourth-order valence-corrected chi connectivity index (χ4v) is 7.73. The molecule has 0 radical (unpaired) electrons. The number of pyridine rings is 1. The number of aryl methyl sites for hydroxylation is 1. The zero-order valence-electron chi connectivity index (χ0n) is 25.1. The predicted octanol–water partition coefficient (Wildman–Crippen LogP) is 6.16. The number of halogens is 2. The maximum absolute atomic E-state index is 11.7. The molecule has 9 nitrogen and oxygen atoms in total. The van der Waals surface area contributed by atoms with Crippen LogP contribution in [0.4, 0.5) is 0 Å². The van der Waals surface area contributed by atoms with E-state index in [9.17, 15) is 9.59 Å². The third-order valence-corrected chi connectivity index (χ3v) is 10.1. The van der Waals surface area contributed by atoms with Crippen LogP contribution in [0.25, 0.3) is 33.6 Å². The number of hydrogen-bond donors (Lipinski definition) is 0. The predicted molar refractivity (Wildman–Crippen MR) is 172 cm³/mol. The van der Waals surface area contributed by atoms with Crippen LogP contribution in [0.5, 0.6) is 11.8 Å². The number of likely N-dealkylation sites (tertiary alicyclic amines) is 2. The summed E-state index contributed by atoms with van der Waals surface area (Å²) < 4.78 is 11.1. The molecule has 230 valence electrons. The van der Waals surface area contributed by atoms with Gasteiger partial charge in [-0.25, -0.2) is 15.0 Å². The fourth-order valence-electron chi connectivity index (χ4n) is 7.08. The van der Waals surface area contributed by atoms with Crippen molar-refractivity contribution in [3.63, 3.8) is 0 Å². The molecular weight excluding hydrogens is 613 g/mol. The molecule has 0 saturated carbocycles. The van der Waals surface area contributed by atoms with E-state index in [0.717, 1.165) is 67.0 Å². The topological polar surface area (TPSA) is 97.8 Å². The van der Waals surface area contributed by atoms with E-state index >= 15 is 0 Å². The van der Waals surface area contributed by atoms with Gasteiger partial charge in [-0.15, -0.1) is 0 Å². The summed E-state index contributed by atoms with van der Waals surface area (Å²) in [6.07, 6.45) is 4.02. The summed E-state index contributed by atoms with van der Waals surface area (Å²) in [7, 11) is 3.10. The van der Waals surface area contributed by atoms with Crippen molar-refractivity contribution < 1.29 is 19.1 Å². The summed E-state index contributed by atoms with van der Waals surface area (Å²) in [4.78, 5) is 41.0. The largest absolute Gasteiger partial charge is 0.481 e. The molecule has 0 unspecified atom stereocenters. The lowest BCUT2D eigenvalue weighted by atomic mass is 9.72. The van der Waals surface area contributed by atoms with Crippen molar-refractivity contribution in [1.82, 2.24) is 24.8 Å². The van der Waals surface area contributed by atoms with Crippen LogP contribution < -0.4 is 9.47 Å². The lowest BCUT2D eigenvalue weighted by Gasteiger charge is -2.61. The van der Waals surface area contributed by atoms with E-state index in [-0.39, 0.29) is 28.9 Å². The zero-order chi connectivity index (χ0) is 31.5. The minimum Gasteiger partial charge on any atom is -0.481 e. The minimum atomic E-state index is 0.112. The highest BCUT2D eigenvalue weighted by Gasteiger charge is 2.54. The second-order valence-corrected chi connectivity index (χ2v) is 12.8. The van der Waals surface area contributed by atoms with Crippen molar-refractivity contribution in [1.29, 1.82) is 0 Å². The Morgan fingerprint density at radius 1 is 0.911 bits per heavy atom. The molecule has 2 saturated heterocycles. The van der Waals surface area contributed by atoms with Crippen LogP contribution in [-0.4, -0.2) is 77.3 Å². The van der Waals surface area contributed by atoms with Crippen molar-refractivity contribution >= 4 is 35.4 Å². The van der Waals surface area contributed by atoms with Crippen molar-refractivity contribution in [3.8, 4) is 45.4 Å². The maximum atomic E-state index is 11.7. The molecule has 11 heteroatoms. The van der Waals surface area contributed by atoms with Gasteiger partial charge in [0.25, 0.3) is 0 Å². The molecule has 2 fully saturated rings. The van der Waals surface area contributed by atoms with Crippen LogP contribution in [0.1, 0.15) is 41.0 Å².